The van der Waals surface area contributed by atoms with E-state index in [1.807, 2.05) is 6.61 Å². The lowest BCUT2D eigenvalue weighted by Crippen LogP contribution is -2.52. The summed E-state index contributed by atoms with van der Waals surface area (Å²) in [5.41, 5.74) is -0.574. The molecule has 0 spiro atoms. The Kier molecular flexibility index (Phi) is 6.27. The zero-order chi connectivity index (χ0) is 14.8. The zero-order valence-electron chi connectivity index (χ0n) is 13.8. The SMILES string of the molecule is C[Si](C)(C)O[CH]C([SiH3])(O[Si](C)(C)C)O[Si](C)(C)C. The van der Waals surface area contributed by atoms with Crippen LogP contribution in [0.1, 0.15) is 0 Å². The highest BCUT2D eigenvalue weighted by Gasteiger charge is 2.38. The molecule has 7 heteroatoms. The molecule has 0 aliphatic heterocycles. The van der Waals surface area contributed by atoms with Crippen molar-refractivity contribution in [2.24, 2.45) is 0 Å². The summed E-state index contributed by atoms with van der Waals surface area (Å²) in [4.78, 5) is 0. The highest BCUT2D eigenvalue weighted by atomic mass is 28.4. The van der Waals surface area contributed by atoms with Crippen LogP contribution >= 0.6 is 0 Å². The molecule has 1 radical (unpaired) electrons. The fourth-order valence-electron chi connectivity index (χ4n) is 1.57. The molecule has 0 aromatic rings. The van der Waals surface area contributed by atoms with Crippen LogP contribution in [0.15, 0.2) is 0 Å². The normalized spacial score (nSPS) is 15.2. The molecule has 0 N–H and O–H groups in total. The van der Waals surface area contributed by atoms with E-state index in [0.29, 0.717) is 0 Å². The van der Waals surface area contributed by atoms with Crippen molar-refractivity contribution in [3.63, 3.8) is 0 Å². The molecule has 3 nitrogen and oxygen atoms in total. The van der Waals surface area contributed by atoms with Gasteiger partial charge in [0, 0.05) is 0 Å². The van der Waals surface area contributed by atoms with Gasteiger partial charge in [-0.1, -0.05) is 0 Å². The van der Waals surface area contributed by atoms with Crippen LogP contribution in [-0.2, 0) is 13.3 Å². The second kappa shape index (κ2) is 6.02. The van der Waals surface area contributed by atoms with E-state index in [9.17, 15) is 0 Å². The third kappa shape index (κ3) is 10.7. The summed E-state index contributed by atoms with van der Waals surface area (Å²) in [6.45, 7) is 21.5. The predicted octanol–water partition coefficient (Wildman–Crippen LogP) is 2.72. The van der Waals surface area contributed by atoms with Crippen molar-refractivity contribution in [2.45, 2.75) is 64.3 Å². The Bertz CT molecular complexity index is 247. The van der Waals surface area contributed by atoms with Crippen LogP contribution in [0, 0.1) is 6.61 Å². The van der Waals surface area contributed by atoms with Gasteiger partial charge >= 0.3 is 0 Å². The smallest absolute Gasteiger partial charge is 0.187 e. The largest absolute Gasteiger partial charge is 0.407 e. The summed E-state index contributed by atoms with van der Waals surface area (Å²) in [5.74, 6) is 0. The summed E-state index contributed by atoms with van der Waals surface area (Å²) < 4.78 is 18.4. The van der Waals surface area contributed by atoms with Gasteiger partial charge in [0.05, 0.1) is 10.2 Å². The Hall–Kier alpha value is 0.748. The summed E-state index contributed by atoms with van der Waals surface area (Å²) in [6, 6.07) is 0. The first-order valence-electron chi connectivity index (χ1n) is 6.54. The summed E-state index contributed by atoms with van der Waals surface area (Å²) in [5, 5.41) is 0. The topological polar surface area (TPSA) is 27.7 Å². The fourth-order valence-corrected chi connectivity index (χ4v) is 8.86. The summed E-state index contributed by atoms with van der Waals surface area (Å²) in [6.07, 6.45) is 0. The summed E-state index contributed by atoms with van der Waals surface area (Å²) in [7, 11) is -4.10. The maximum atomic E-state index is 6.25. The molecule has 18 heavy (non-hydrogen) atoms. The van der Waals surface area contributed by atoms with Gasteiger partial charge in [-0.3, -0.25) is 0 Å². The van der Waals surface area contributed by atoms with Gasteiger partial charge in [0.2, 0.25) is 0 Å². The van der Waals surface area contributed by atoms with Crippen molar-refractivity contribution in [3.8, 4) is 0 Å². The fraction of sp³-hybridized carbons (Fsp3) is 0.909. The number of hydrogen-bond donors (Lipinski definition) is 0. The lowest BCUT2D eigenvalue weighted by Gasteiger charge is -2.41. The first kappa shape index (κ1) is 18.7. The first-order valence-corrected chi connectivity index (χ1v) is 17.8. The van der Waals surface area contributed by atoms with E-state index in [2.05, 4.69) is 58.9 Å². The quantitative estimate of drug-likeness (QED) is 0.532. The van der Waals surface area contributed by atoms with Gasteiger partial charge in [0.15, 0.2) is 25.0 Å². The Labute approximate surface area is 119 Å². The van der Waals surface area contributed by atoms with Crippen molar-refractivity contribution < 1.29 is 13.3 Å². The molecule has 0 saturated heterocycles. The minimum absolute atomic E-state index is 0.574. The van der Waals surface area contributed by atoms with Crippen LogP contribution in [0.4, 0.5) is 0 Å². The maximum absolute atomic E-state index is 6.25. The van der Waals surface area contributed by atoms with E-state index in [0.717, 1.165) is 10.2 Å². The average molecular weight is 324 g/mol. The first-order chi connectivity index (χ1) is 7.62. The molecule has 0 saturated carbocycles. The predicted molar refractivity (Wildman–Crippen MR) is 90.3 cm³/mol. The van der Waals surface area contributed by atoms with Crippen LogP contribution < -0.4 is 0 Å². The van der Waals surface area contributed by atoms with Crippen molar-refractivity contribution >= 4 is 35.2 Å². The van der Waals surface area contributed by atoms with Gasteiger partial charge in [-0.25, -0.2) is 0 Å². The van der Waals surface area contributed by atoms with Crippen molar-refractivity contribution in [1.29, 1.82) is 0 Å². The monoisotopic (exact) mass is 323 g/mol. The Morgan fingerprint density at radius 1 is 0.722 bits per heavy atom. The molecular formula is C11H31O3Si4. The third-order valence-electron chi connectivity index (χ3n) is 1.64. The zero-order valence-corrected chi connectivity index (χ0v) is 18.8. The second-order valence-electron chi connectivity index (χ2n) is 7.79. The maximum Gasteiger partial charge on any atom is 0.187 e. The average Bonchev–Trinajstić information content (AvgIpc) is 1.91. The molecule has 0 rings (SSSR count). The second-order valence-corrected chi connectivity index (χ2v) is 22.5. The molecule has 0 aliphatic rings. The minimum atomic E-state index is -1.65. The lowest BCUT2D eigenvalue weighted by atomic mass is 10.7. The minimum Gasteiger partial charge on any atom is -0.407 e. The molecule has 0 aromatic carbocycles. The van der Waals surface area contributed by atoms with Crippen LogP contribution in [0.2, 0.25) is 58.9 Å². The molecule has 109 valence electrons. The van der Waals surface area contributed by atoms with E-state index in [4.69, 9.17) is 13.3 Å². The van der Waals surface area contributed by atoms with Crippen LogP contribution in [-0.4, -0.2) is 40.6 Å². The highest BCUT2D eigenvalue weighted by molar-refractivity contribution is 6.72. The van der Waals surface area contributed by atoms with Crippen LogP contribution in [0.5, 0.6) is 0 Å². The molecule has 0 amide bonds. The molecule has 0 aliphatic carbocycles. The molecule has 0 unspecified atom stereocenters. The molecule has 0 atom stereocenters. The van der Waals surface area contributed by atoms with E-state index in [1.54, 1.807) is 0 Å². The van der Waals surface area contributed by atoms with Gasteiger partial charge in [-0.15, -0.1) is 0 Å². The highest BCUT2D eigenvalue weighted by Crippen LogP contribution is 2.26. The Morgan fingerprint density at radius 3 is 1.28 bits per heavy atom. The molecule has 0 aromatic heterocycles. The number of hydrogen-bond acceptors (Lipinski definition) is 3. The molecular weight excluding hydrogens is 292 g/mol. The van der Waals surface area contributed by atoms with E-state index in [1.165, 1.54) is 0 Å². The van der Waals surface area contributed by atoms with Gasteiger partial charge < -0.3 is 13.3 Å². The van der Waals surface area contributed by atoms with Crippen molar-refractivity contribution in [1.82, 2.24) is 0 Å². The van der Waals surface area contributed by atoms with E-state index < -0.39 is 30.4 Å². The van der Waals surface area contributed by atoms with E-state index in [-0.39, 0.29) is 0 Å². The van der Waals surface area contributed by atoms with Gasteiger partial charge in [-0.2, -0.15) is 0 Å². The lowest BCUT2D eigenvalue weighted by molar-refractivity contribution is -0.0516. The third-order valence-corrected chi connectivity index (χ3v) is 5.97. The van der Waals surface area contributed by atoms with Crippen LogP contribution in [0.3, 0.4) is 0 Å². The van der Waals surface area contributed by atoms with Gasteiger partial charge in [0.1, 0.15) is 12.0 Å². The van der Waals surface area contributed by atoms with Gasteiger partial charge in [-0.05, 0) is 58.9 Å². The standard InChI is InChI=1S/C11H31O3Si4/c1-16(2,3)12-10-11(15,13-17(4,5)6)14-18(7,8)9/h10H,1-9,15H3. The van der Waals surface area contributed by atoms with Gasteiger partial charge in [0.25, 0.3) is 0 Å². The molecule has 0 bridgehead atoms. The van der Waals surface area contributed by atoms with E-state index >= 15 is 0 Å². The Morgan fingerprint density at radius 2 is 1.06 bits per heavy atom. The Balaban J connectivity index is 4.81. The van der Waals surface area contributed by atoms with Crippen molar-refractivity contribution in [2.75, 3.05) is 0 Å². The van der Waals surface area contributed by atoms with Crippen molar-refractivity contribution in [3.05, 3.63) is 6.61 Å². The molecule has 0 fully saturated rings. The number of rotatable bonds is 7. The molecule has 0 heterocycles. The summed E-state index contributed by atoms with van der Waals surface area (Å²) >= 11 is 0. The van der Waals surface area contributed by atoms with Crippen LogP contribution in [0.25, 0.3) is 0 Å².